The van der Waals surface area contributed by atoms with Gasteiger partial charge in [-0.15, -0.1) is 0 Å². The van der Waals surface area contributed by atoms with Crippen LogP contribution in [0.1, 0.15) is 0 Å². The van der Waals surface area contributed by atoms with Crippen LogP contribution in [0.15, 0.2) is 29.2 Å². The number of alkyl halides is 8. The molecule has 1 saturated carbocycles. The van der Waals surface area contributed by atoms with E-state index in [2.05, 4.69) is 0 Å². The molecule has 0 unspecified atom stereocenters. The summed E-state index contributed by atoms with van der Waals surface area (Å²) in [4.78, 5) is 20.0. The van der Waals surface area contributed by atoms with Crippen LogP contribution in [0, 0.1) is 16.0 Å². The zero-order valence-electron chi connectivity index (χ0n) is 12.8. The van der Waals surface area contributed by atoms with Gasteiger partial charge < -0.3 is 0 Å². The van der Waals surface area contributed by atoms with E-state index in [1.807, 2.05) is 0 Å². The fraction of sp³-hybridized carbons (Fsp3) is 0.417. The molecule has 0 radical (unpaired) electrons. The second-order valence-electron chi connectivity index (χ2n) is 5.55. The van der Waals surface area contributed by atoms with E-state index in [-0.39, 0.29) is 0 Å². The maximum atomic E-state index is 13.5. The van der Waals surface area contributed by atoms with Crippen molar-refractivity contribution in [2.75, 3.05) is 0 Å². The molecule has 0 saturated heterocycles. The topological polar surface area (TPSA) is 106 Å². The number of carbonyl (C=O) groups is 1. The molecule has 1 aliphatic carbocycles. The number of benzene rings is 1. The molecule has 0 aromatic heterocycles. The Morgan fingerprint density at radius 3 is 1.68 bits per heavy atom. The van der Waals surface area contributed by atoms with E-state index in [1.54, 1.807) is 0 Å². The number of non-ortho nitro benzene ring substituents is 1. The second-order valence-corrected chi connectivity index (χ2v) is 7.23. The summed E-state index contributed by atoms with van der Waals surface area (Å²) in [7, 11) is -5.29. The number of carbonyl (C=O) groups excluding carboxylic acids is 1. The summed E-state index contributed by atoms with van der Waals surface area (Å²) in [6.07, 6.45) is 0. The Morgan fingerprint density at radius 1 is 0.929 bits per heavy atom. The molecule has 28 heavy (non-hydrogen) atoms. The molecule has 16 heteroatoms. The summed E-state index contributed by atoms with van der Waals surface area (Å²) in [5.74, 6) is -33.6. The van der Waals surface area contributed by atoms with Crippen LogP contribution in [-0.4, -0.2) is 42.9 Å². The fourth-order valence-corrected chi connectivity index (χ4v) is 3.33. The normalized spacial score (nSPS) is 22.6. The van der Waals surface area contributed by atoms with Gasteiger partial charge in [0.15, 0.2) is 5.92 Å². The molecule has 1 aromatic carbocycles. The van der Waals surface area contributed by atoms with E-state index in [4.69, 9.17) is 0 Å². The maximum absolute atomic E-state index is 13.5. The number of halogens is 8. The standard InChI is InChI=1S/C12H6F8N2O5S/c13-9(14)7(10(15,16)12(19,20)11(9,17)18)8(23)21-28(26,27)6-3-1-5(2-4-6)22(24)25/h1-4,7H,(H,21,23). The molecule has 0 heterocycles. The first-order chi connectivity index (χ1) is 12.4. The number of nitrogens with one attached hydrogen (secondary N) is 1. The van der Waals surface area contributed by atoms with E-state index in [9.17, 15) is 58.4 Å². The van der Waals surface area contributed by atoms with Gasteiger partial charge in [0.2, 0.25) is 5.91 Å². The Morgan fingerprint density at radius 2 is 1.32 bits per heavy atom. The van der Waals surface area contributed by atoms with Gasteiger partial charge in [0, 0.05) is 12.1 Å². The van der Waals surface area contributed by atoms with Crippen molar-refractivity contribution in [3.63, 3.8) is 0 Å². The van der Waals surface area contributed by atoms with Crippen molar-refractivity contribution in [1.29, 1.82) is 0 Å². The summed E-state index contributed by atoms with van der Waals surface area (Å²) in [5, 5.41) is 10.5. The van der Waals surface area contributed by atoms with Crippen LogP contribution < -0.4 is 4.72 Å². The van der Waals surface area contributed by atoms with Crippen LogP contribution in [0.3, 0.4) is 0 Å². The lowest BCUT2D eigenvalue weighted by Gasteiger charge is -2.23. The zero-order chi connectivity index (χ0) is 21.9. The van der Waals surface area contributed by atoms with Crippen molar-refractivity contribution in [1.82, 2.24) is 4.72 Å². The van der Waals surface area contributed by atoms with Crippen molar-refractivity contribution in [3.8, 4) is 0 Å². The highest BCUT2D eigenvalue weighted by Crippen LogP contribution is 2.65. The monoisotopic (exact) mass is 442 g/mol. The third-order valence-electron chi connectivity index (χ3n) is 3.81. The summed E-state index contributed by atoms with van der Waals surface area (Å²) in [6.45, 7) is 0. The Bertz CT molecular complexity index is 906. The van der Waals surface area contributed by atoms with Gasteiger partial charge in [-0.2, -0.15) is 35.1 Å². The van der Waals surface area contributed by atoms with Crippen molar-refractivity contribution >= 4 is 21.6 Å². The zero-order valence-corrected chi connectivity index (χ0v) is 13.6. The van der Waals surface area contributed by atoms with E-state index < -0.39 is 61.0 Å². The van der Waals surface area contributed by atoms with Crippen molar-refractivity contribution in [2.45, 2.75) is 28.6 Å². The molecule has 2 rings (SSSR count). The third-order valence-corrected chi connectivity index (χ3v) is 5.17. The largest absolute Gasteiger partial charge is 0.379 e. The van der Waals surface area contributed by atoms with Crippen LogP contribution in [0.2, 0.25) is 0 Å². The first-order valence-corrected chi connectivity index (χ1v) is 8.22. The van der Waals surface area contributed by atoms with E-state index in [0.717, 1.165) is 0 Å². The van der Waals surface area contributed by atoms with Crippen LogP contribution >= 0.6 is 0 Å². The first-order valence-electron chi connectivity index (χ1n) is 6.73. The number of amides is 1. The Labute approximate surface area is 149 Å². The minimum absolute atomic E-state index is 0.460. The second kappa shape index (κ2) is 5.99. The van der Waals surface area contributed by atoms with Crippen molar-refractivity contribution < 1.29 is 53.3 Å². The van der Waals surface area contributed by atoms with Gasteiger partial charge in [0.1, 0.15) is 0 Å². The van der Waals surface area contributed by atoms with Gasteiger partial charge in [-0.1, -0.05) is 0 Å². The number of hydrogen-bond donors (Lipinski definition) is 1. The molecule has 7 nitrogen and oxygen atoms in total. The van der Waals surface area contributed by atoms with Crippen LogP contribution in [0.25, 0.3) is 0 Å². The summed E-state index contributed by atoms with van der Waals surface area (Å²) in [5.41, 5.74) is -0.654. The summed E-state index contributed by atoms with van der Waals surface area (Å²) in [6, 6.07) is 2.06. The summed E-state index contributed by atoms with van der Waals surface area (Å²) < 4.78 is 131. The molecular formula is C12H6F8N2O5S. The average Bonchev–Trinajstić information content (AvgIpc) is 2.59. The third kappa shape index (κ3) is 2.77. The molecule has 1 N–H and O–H groups in total. The van der Waals surface area contributed by atoms with Crippen molar-refractivity contribution in [2.24, 2.45) is 5.92 Å². The number of rotatable bonds is 4. The summed E-state index contributed by atoms with van der Waals surface area (Å²) >= 11 is 0. The average molecular weight is 442 g/mol. The van der Waals surface area contributed by atoms with Crippen molar-refractivity contribution in [3.05, 3.63) is 34.4 Å². The lowest BCUT2D eigenvalue weighted by Crippen LogP contribution is -2.51. The molecule has 1 aliphatic rings. The molecule has 1 aromatic rings. The molecule has 0 atom stereocenters. The predicted octanol–water partition coefficient (Wildman–Crippen LogP) is 2.57. The number of sulfonamides is 1. The van der Waals surface area contributed by atoms with Gasteiger partial charge in [0.25, 0.3) is 15.7 Å². The fourth-order valence-electron chi connectivity index (χ4n) is 2.34. The van der Waals surface area contributed by atoms with E-state index in [1.165, 1.54) is 0 Å². The maximum Gasteiger partial charge on any atom is 0.379 e. The number of nitro groups is 1. The Hall–Kier alpha value is -2.52. The van der Waals surface area contributed by atoms with Crippen LogP contribution in [0.4, 0.5) is 40.8 Å². The van der Waals surface area contributed by atoms with Gasteiger partial charge in [-0.25, -0.2) is 13.1 Å². The van der Waals surface area contributed by atoms with Gasteiger partial charge >= 0.3 is 23.7 Å². The van der Waals surface area contributed by atoms with E-state index >= 15 is 0 Å². The molecule has 156 valence electrons. The highest BCUT2D eigenvalue weighted by atomic mass is 32.2. The minimum atomic E-state index is -6.65. The first kappa shape index (κ1) is 21.8. The lowest BCUT2D eigenvalue weighted by atomic mass is 10.0. The van der Waals surface area contributed by atoms with Gasteiger partial charge in [-0.05, 0) is 12.1 Å². The Kier molecular flexibility index (Phi) is 4.66. The predicted molar refractivity (Wildman–Crippen MR) is 71.7 cm³/mol. The quantitative estimate of drug-likeness (QED) is 0.438. The smallest absolute Gasteiger partial charge is 0.273 e. The molecule has 1 fully saturated rings. The number of hydrogen-bond acceptors (Lipinski definition) is 5. The van der Waals surface area contributed by atoms with Crippen LogP contribution in [0.5, 0.6) is 0 Å². The molecule has 0 bridgehead atoms. The molecule has 0 aliphatic heterocycles. The van der Waals surface area contributed by atoms with Gasteiger partial charge in [-0.3, -0.25) is 14.9 Å². The highest BCUT2D eigenvalue weighted by molar-refractivity contribution is 7.90. The highest BCUT2D eigenvalue weighted by Gasteiger charge is 2.94. The van der Waals surface area contributed by atoms with Crippen LogP contribution in [-0.2, 0) is 14.8 Å². The molecular weight excluding hydrogens is 436 g/mol. The Balaban J connectivity index is 2.42. The minimum Gasteiger partial charge on any atom is -0.273 e. The molecule has 1 amide bonds. The lowest BCUT2D eigenvalue weighted by molar-refractivity contribution is -0.384. The SMILES string of the molecule is O=C(NS(=O)(=O)c1ccc([N+](=O)[O-])cc1)C1C(F)(F)C(F)(F)C(F)(F)C1(F)F. The molecule has 0 spiro atoms. The van der Waals surface area contributed by atoms with Gasteiger partial charge in [0.05, 0.1) is 9.82 Å². The number of nitrogens with zero attached hydrogens (tertiary/aromatic N) is 1. The van der Waals surface area contributed by atoms with E-state index in [0.29, 0.717) is 29.0 Å². The number of nitro benzene ring substituents is 1.